The highest BCUT2D eigenvalue weighted by atomic mass is 32.2. The number of hydrogen-bond acceptors (Lipinski definition) is 3. The van der Waals surface area contributed by atoms with E-state index in [4.69, 9.17) is 5.73 Å². The first-order valence-corrected chi connectivity index (χ1v) is 6.52. The van der Waals surface area contributed by atoms with E-state index in [0.717, 1.165) is 17.2 Å². The van der Waals surface area contributed by atoms with Crippen LogP contribution >= 0.6 is 11.8 Å². The second-order valence-electron chi connectivity index (χ2n) is 3.62. The largest absolute Gasteiger partial charge is 0.325 e. The lowest BCUT2D eigenvalue weighted by atomic mass is 10.2. The lowest BCUT2D eigenvalue weighted by Gasteiger charge is -2.09. The molecule has 16 heavy (non-hydrogen) atoms. The van der Waals surface area contributed by atoms with Crippen molar-refractivity contribution in [1.29, 1.82) is 0 Å². The van der Waals surface area contributed by atoms with E-state index < -0.39 is 6.04 Å². The maximum absolute atomic E-state index is 11.4. The zero-order valence-electron chi connectivity index (χ0n) is 9.69. The fraction of sp³-hybridized carbons (Fsp3) is 0.417. The van der Waals surface area contributed by atoms with E-state index in [1.54, 1.807) is 6.92 Å². The molecule has 0 fully saturated rings. The van der Waals surface area contributed by atoms with Crippen molar-refractivity contribution in [3.63, 3.8) is 0 Å². The van der Waals surface area contributed by atoms with E-state index in [1.807, 2.05) is 30.0 Å². The Morgan fingerprint density at radius 1 is 1.56 bits per heavy atom. The number of amides is 1. The van der Waals surface area contributed by atoms with E-state index >= 15 is 0 Å². The third-order valence-electron chi connectivity index (χ3n) is 2.08. The van der Waals surface area contributed by atoms with Crippen molar-refractivity contribution in [1.82, 2.24) is 0 Å². The summed E-state index contributed by atoms with van der Waals surface area (Å²) in [5, 5.41) is 2.78. The van der Waals surface area contributed by atoms with Gasteiger partial charge in [0.2, 0.25) is 5.91 Å². The zero-order chi connectivity index (χ0) is 12.0. The maximum Gasteiger partial charge on any atom is 0.240 e. The van der Waals surface area contributed by atoms with Gasteiger partial charge in [-0.05, 0) is 30.4 Å². The van der Waals surface area contributed by atoms with Gasteiger partial charge in [-0.15, -0.1) is 0 Å². The Labute approximate surface area is 101 Å². The van der Waals surface area contributed by atoms with Crippen LogP contribution in [0.5, 0.6) is 0 Å². The number of thioether (sulfide) groups is 1. The highest BCUT2D eigenvalue weighted by Crippen LogP contribution is 2.16. The van der Waals surface area contributed by atoms with Gasteiger partial charge in [0.15, 0.2) is 0 Å². The SMILES string of the molecule is CCSCc1cccc(NC(=O)[C@@H](C)N)c1. The molecule has 4 heteroatoms. The number of benzene rings is 1. The number of carbonyl (C=O) groups excluding carboxylic acids is 1. The summed E-state index contributed by atoms with van der Waals surface area (Å²) in [4.78, 5) is 11.4. The topological polar surface area (TPSA) is 55.1 Å². The van der Waals surface area contributed by atoms with Gasteiger partial charge in [0.05, 0.1) is 6.04 Å². The summed E-state index contributed by atoms with van der Waals surface area (Å²) in [6.45, 7) is 3.80. The highest BCUT2D eigenvalue weighted by molar-refractivity contribution is 7.98. The molecule has 0 radical (unpaired) electrons. The Kier molecular flexibility index (Phi) is 5.35. The lowest BCUT2D eigenvalue weighted by molar-refractivity contribution is -0.117. The number of rotatable bonds is 5. The van der Waals surface area contributed by atoms with Crippen molar-refractivity contribution in [2.75, 3.05) is 11.1 Å². The molecule has 0 unspecified atom stereocenters. The molecule has 1 amide bonds. The summed E-state index contributed by atoms with van der Waals surface area (Å²) in [7, 11) is 0. The first-order valence-electron chi connectivity index (χ1n) is 5.36. The number of anilines is 1. The van der Waals surface area contributed by atoms with Gasteiger partial charge in [-0.25, -0.2) is 0 Å². The maximum atomic E-state index is 11.4. The monoisotopic (exact) mass is 238 g/mol. The standard InChI is InChI=1S/C12H18N2OS/c1-3-16-8-10-5-4-6-11(7-10)14-12(15)9(2)13/h4-7,9H,3,8,13H2,1-2H3,(H,14,15)/t9-/m1/s1. The fourth-order valence-electron chi connectivity index (χ4n) is 1.21. The predicted octanol–water partition coefficient (Wildman–Crippen LogP) is 2.23. The van der Waals surface area contributed by atoms with Crippen LogP contribution in [0.2, 0.25) is 0 Å². The smallest absolute Gasteiger partial charge is 0.240 e. The molecule has 0 aliphatic heterocycles. The van der Waals surface area contributed by atoms with Crippen LogP contribution in [0.1, 0.15) is 19.4 Å². The summed E-state index contributed by atoms with van der Waals surface area (Å²) >= 11 is 1.86. The van der Waals surface area contributed by atoms with Crippen LogP contribution < -0.4 is 11.1 Å². The highest BCUT2D eigenvalue weighted by Gasteiger charge is 2.07. The van der Waals surface area contributed by atoms with Crippen LogP contribution in [-0.4, -0.2) is 17.7 Å². The van der Waals surface area contributed by atoms with Gasteiger partial charge in [0, 0.05) is 11.4 Å². The average molecular weight is 238 g/mol. The van der Waals surface area contributed by atoms with Gasteiger partial charge in [-0.3, -0.25) is 4.79 Å². The minimum Gasteiger partial charge on any atom is -0.325 e. The van der Waals surface area contributed by atoms with Crippen molar-refractivity contribution in [3.8, 4) is 0 Å². The number of hydrogen-bond donors (Lipinski definition) is 2. The molecular formula is C12H18N2OS. The Balaban J connectivity index is 2.63. The Morgan fingerprint density at radius 2 is 2.31 bits per heavy atom. The Hall–Kier alpha value is -1.00. The number of nitrogens with two attached hydrogens (primary N) is 1. The summed E-state index contributed by atoms with van der Waals surface area (Å²) in [6, 6.07) is 7.39. The van der Waals surface area contributed by atoms with E-state index in [1.165, 1.54) is 5.56 Å². The zero-order valence-corrected chi connectivity index (χ0v) is 10.5. The predicted molar refractivity (Wildman–Crippen MR) is 70.6 cm³/mol. The minimum absolute atomic E-state index is 0.153. The molecule has 1 atom stereocenters. The molecule has 0 saturated carbocycles. The van der Waals surface area contributed by atoms with E-state index in [-0.39, 0.29) is 5.91 Å². The van der Waals surface area contributed by atoms with Crippen molar-refractivity contribution in [2.24, 2.45) is 5.73 Å². The van der Waals surface area contributed by atoms with Crippen molar-refractivity contribution in [2.45, 2.75) is 25.6 Å². The van der Waals surface area contributed by atoms with E-state index in [9.17, 15) is 4.79 Å². The molecule has 0 bridgehead atoms. The second kappa shape index (κ2) is 6.55. The Bertz CT molecular complexity index is 353. The third kappa shape index (κ3) is 4.24. The minimum atomic E-state index is -0.478. The molecule has 1 aromatic carbocycles. The van der Waals surface area contributed by atoms with E-state index in [0.29, 0.717) is 0 Å². The first kappa shape index (κ1) is 13.1. The summed E-state index contributed by atoms with van der Waals surface area (Å²) in [5.74, 6) is 1.91. The molecule has 0 aromatic heterocycles. The summed E-state index contributed by atoms with van der Waals surface area (Å²) in [5.41, 5.74) is 7.52. The molecule has 3 nitrogen and oxygen atoms in total. The summed E-state index contributed by atoms with van der Waals surface area (Å²) < 4.78 is 0. The van der Waals surface area contributed by atoms with Crippen LogP contribution in [0, 0.1) is 0 Å². The van der Waals surface area contributed by atoms with Gasteiger partial charge < -0.3 is 11.1 Å². The molecule has 88 valence electrons. The normalized spacial score (nSPS) is 12.2. The Morgan fingerprint density at radius 3 is 2.94 bits per heavy atom. The first-order chi connectivity index (χ1) is 7.63. The molecular weight excluding hydrogens is 220 g/mol. The van der Waals surface area contributed by atoms with Gasteiger partial charge >= 0.3 is 0 Å². The fourth-order valence-corrected chi connectivity index (χ4v) is 1.83. The number of nitrogens with one attached hydrogen (secondary N) is 1. The molecule has 3 N–H and O–H groups in total. The van der Waals surface area contributed by atoms with Gasteiger partial charge in [0.25, 0.3) is 0 Å². The van der Waals surface area contributed by atoms with Crippen molar-refractivity contribution < 1.29 is 4.79 Å². The molecule has 0 aliphatic carbocycles. The van der Waals surface area contributed by atoms with E-state index in [2.05, 4.69) is 18.3 Å². The van der Waals surface area contributed by atoms with Gasteiger partial charge in [-0.2, -0.15) is 11.8 Å². The lowest BCUT2D eigenvalue weighted by Crippen LogP contribution is -2.32. The van der Waals surface area contributed by atoms with Crippen LogP contribution in [0.4, 0.5) is 5.69 Å². The molecule has 0 spiro atoms. The van der Waals surface area contributed by atoms with Crippen molar-refractivity contribution >= 4 is 23.4 Å². The van der Waals surface area contributed by atoms with Gasteiger partial charge in [-0.1, -0.05) is 19.1 Å². The molecule has 0 heterocycles. The molecule has 0 saturated heterocycles. The van der Waals surface area contributed by atoms with Crippen LogP contribution in [0.3, 0.4) is 0 Å². The molecule has 0 aliphatic rings. The number of carbonyl (C=O) groups is 1. The van der Waals surface area contributed by atoms with Crippen LogP contribution in [-0.2, 0) is 10.5 Å². The van der Waals surface area contributed by atoms with Crippen LogP contribution in [0.15, 0.2) is 24.3 Å². The third-order valence-corrected chi connectivity index (χ3v) is 3.03. The summed E-state index contributed by atoms with van der Waals surface area (Å²) in [6.07, 6.45) is 0. The van der Waals surface area contributed by atoms with Crippen LogP contribution in [0.25, 0.3) is 0 Å². The molecule has 1 aromatic rings. The second-order valence-corrected chi connectivity index (χ2v) is 4.89. The van der Waals surface area contributed by atoms with Gasteiger partial charge in [0.1, 0.15) is 0 Å². The quantitative estimate of drug-likeness (QED) is 0.827. The molecule has 1 rings (SSSR count). The average Bonchev–Trinajstić information content (AvgIpc) is 2.26. The van der Waals surface area contributed by atoms with Crippen molar-refractivity contribution in [3.05, 3.63) is 29.8 Å².